The zero-order valence-electron chi connectivity index (χ0n) is 11.9. The smallest absolute Gasteiger partial charge is 0.230 e. The Balaban J connectivity index is 1.61. The summed E-state index contributed by atoms with van der Waals surface area (Å²) in [7, 11) is 1.65. The molecule has 0 aliphatic carbocycles. The Morgan fingerprint density at radius 3 is 2.90 bits per heavy atom. The highest BCUT2D eigenvalue weighted by Crippen LogP contribution is 2.20. The first-order valence-electron chi connectivity index (χ1n) is 7.02. The molecule has 1 fully saturated rings. The maximum atomic E-state index is 11.7. The van der Waals surface area contributed by atoms with Crippen LogP contribution in [-0.4, -0.2) is 38.4 Å². The van der Waals surface area contributed by atoms with Gasteiger partial charge in [0.05, 0.1) is 12.9 Å². The van der Waals surface area contributed by atoms with Crippen molar-refractivity contribution in [3.05, 3.63) is 24.3 Å². The Bertz CT molecular complexity index is 416. The Morgan fingerprint density at radius 1 is 1.45 bits per heavy atom. The number of nitrogens with one attached hydrogen (secondary N) is 2. The molecule has 1 aliphatic heterocycles. The molecule has 0 aromatic heterocycles. The number of benzene rings is 1. The van der Waals surface area contributed by atoms with E-state index in [-0.39, 0.29) is 5.91 Å². The highest BCUT2D eigenvalue weighted by atomic mass is 32.2. The molecule has 1 aromatic rings. The van der Waals surface area contributed by atoms with E-state index in [9.17, 15) is 4.79 Å². The largest absolute Gasteiger partial charge is 0.497 e. The van der Waals surface area contributed by atoms with E-state index in [4.69, 9.17) is 4.74 Å². The summed E-state index contributed by atoms with van der Waals surface area (Å²) in [4.78, 5) is 12.8. The zero-order chi connectivity index (χ0) is 14.2. The van der Waals surface area contributed by atoms with Crippen LogP contribution in [0.5, 0.6) is 5.75 Å². The average Bonchev–Trinajstić information content (AvgIpc) is 2.99. The number of methoxy groups -OCH3 is 1. The van der Waals surface area contributed by atoms with Crippen molar-refractivity contribution in [1.29, 1.82) is 0 Å². The Hall–Kier alpha value is -1.20. The van der Waals surface area contributed by atoms with Crippen LogP contribution in [0, 0.1) is 5.92 Å². The van der Waals surface area contributed by atoms with E-state index in [1.807, 2.05) is 24.3 Å². The lowest BCUT2D eigenvalue weighted by atomic mass is 10.1. The summed E-state index contributed by atoms with van der Waals surface area (Å²) in [5.74, 6) is 2.14. The molecule has 0 spiro atoms. The maximum absolute atomic E-state index is 11.7. The van der Waals surface area contributed by atoms with Crippen LogP contribution in [0.1, 0.15) is 12.8 Å². The van der Waals surface area contributed by atoms with Gasteiger partial charge in [0.1, 0.15) is 5.75 Å². The van der Waals surface area contributed by atoms with E-state index in [2.05, 4.69) is 10.6 Å². The van der Waals surface area contributed by atoms with Crippen molar-refractivity contribution in [2.24, 2.45) is 5.92 Å². The van der Waals surface area contributed by atoms with Crippen LogP contribution in [0.2, 0.25) is 0 Å². The number of thioether (sulfide) groups is 1. The van der Waals surface area contributed by atoms with Crippen LogP contribution in [0.15, 0.2) is 29.2 Å². The number of rotatable bonds is 7. The maximum Gasteiger partial charge on any atom is 0.230 e. The van der Waals surface area contributed by atoms with Crippen molar-refractivity contribution < 1.29 is 9.53 Å². The number of ether oxygens (including phenoxy) is 1. The van der Waals surface area contributed by atoms with Crippen LogP contribution < -0.4 is 15.4 Å². The van der Waals surface area contributed by atoms with Gasteiger partial charge in [-0.2, -0.15) is 0 Å². The molecule has 0 radical (unpaired) electrons. The predicted molar refractivity (Wildman–Crippen MR) is 82.3 cm³/mol. The summed E-state index contributed by atoms with van der Waals surface area (Å²) in [5.41, 5.74) is 0. The number of carbonyl (C=O) groups is 1. The third kappa shape index (κ3) is 5.06. The normalized spacial score (nSPS) is 17.9. The third-order valence-electron chi connectivity index (χ3n) is 3.47. The highest BCUT2D eigenvalue weighted by molar-refractivity contribution is 8.00. The minimum absolute atomic E-state index is 0.108. The molecule has 1 amide bonds. The van der Waals surface area contributed by atoms with Gasteiger partial charge in [0.25, 0.3) is 0 Å². The van der Waals surface area contributed by atoms with E-state index >= 15 is 0 Å². The van der Waals surface area contributed by atoms with E-state index < -0.39 is 0 Å². The van der Waals surface area contributed by atoms with Crippen LogP contribution in [0.3, 0.4) is 0 Å². The van der Waals surface area contributed by atoms with Crippen molar-refractivity contribution in [3.63, 3.8) is 0 Å². The second-order valence-electron chi connectivity index (χ2n) is 4.96. The number of hydrogen-bond donors (Lipinski definition) is 2. The lowest BCUT2D eigenvalue weighted by Gasteiger charge is -2.09. The van der Waals surface area contributed by atoms with Gasteiger partial charge in [0.15, 0.2) is 0 Å². The summed E-state index contributed by atoms with van der Waals surface area (Å²) < 4.78 is 5.10. The Morgan fingerprint density at radius 2 is 2.25 bits per heavy atom. The quantitative estimate of drug-likeness (QED) is 0.754. The minimum Gasteiger partial charge on any atom is -0.497 e. The van der Waals surface area contributed by atoms with Gasteiger partial charge in [-0.25, -0.2) is 0 Å². The summed E-state index contributed by atoms with van der Waals surface area (Å²) in [5, 5.41) is 6.33. The molecule has 1 unspecified atom stereocenters. The standard InChI is InChI=1S/C15H22N2O2S/c1-19-13-2-4-14(5-3-13)20-11-15(18)17-9-7-12-6-8-16-10-12/h2-5,12,16H,6-11H2,1H3,(H,17,18). The summed E-state index contributed by atoms with van der Waals surface area (Å²) in [6.07, 6.45) is 2.31. The summed E-state index contributed by atoms with van der Waals surface area (Å²) in [6.45, 7) is 3.00. The van der Waals surface area contributed by atoms with E-state index in [0.717, 1.165) is 42.6 Å². The Kier molecular flexibility index (Phi) is 6.21. The third-order valence-corrected chi connectivity index (χ3v) is 4.48. The van der Waals surface area contributed by atoms with Gasteiger partial charge in [-0.3, -0.25) is 4.79 Å². The topological polar surface area (TPSA) is 50.4 Å². The highest BCUT2D eigenvalue weighted by Gasteiger charge is 2.14. The molecule has 1 saturated heterocycles. The first-order chi connectivity index (χ1) is 9.78. The lowest BCUT2D eigenvalue weighted by Crippen LogP contribution is -2.27. The second kappa shape index (κ2) is 8.17. The van der Waals surface area contributed by atoms with Gasteiger partial charge in [0.2, 0.25) is 5.91 Å². The second-order valence-corrected chi connectivity index (χ2v) is 6.01. The molecule has 4 nitrogen and oxygen atoms in total. The van der Waals surface area contributed by atoms with Crippen molar-refractivity contribution >= 4 is 17.7 Å². The predicted octanol–water partition coefficient (Wildman–Crippen LogP) is 1.90. The average molecular weight is 294 g/mol. The summed E-state index contributed by atoms with van der Waals surface area (Å²) >= 11 is 1.55. The molecule has 2 rings (SSSR count). The fourth-order valence-electron chi connectivity index (χ4n) is 2.25. The van der Waals surface area contributed by atoms with E-state index in [1.165, 1.54) is 6.42 Å². The van der Waals surface area contributed by atoms with E-state index in [1.54, 1.807) is 18.9 Å². The zero-order valence-corrected chi connectivity index (χ0v) is 12.7. The number of hydrogen-bond acceptors (Lipinski definition) is 4. The van der Waals surface area contributed by atoms with Crippen LogP contribution in [-0.2, 0) is 4.79 Å². The molecular weight excluding hydrogens is 272 g/mol. The van der Waals surface area contributed by atoms with Crippen LogP contribution >= 0.6 is 11.8 Å². The summed E-state index contributed by atoms with van der Waals surface area (Å²) in [6, 6.07) is 7.77. The molecule has 1 aliphatic rings. The monoisotopic (exact) mass is 294 g/mol. The van der Waals surface area contributed by atoms with Gasteiger partial charge in [-0.1, -0.05) is 0 Å². The van der Waals surface area contributed by atoms with Gasteiger partial charge >= 0.3 is 0 Å². The molecule has 110 valence electrons. The van der Waals surface area contributed by atoms with Gasteiger partial charge in [0, 0.05) is 11.4 Å². The van der Waals surface area contributed by atoms with Crippen molar-refractivity contribution in [3.8, 4) is 5.75 Å². The fraction of sp³-hybridized carbons (Fsp3) is 0.533. The Labute approximate surface area is 124 Å². The SMILES string of the molecule is COc1ccc(SCC(=O)NCCC2CCNC2)cc1. The number of amides is 1. The molecule has 0 bridgehead atoms. The first kappa shape index (κ1) is 15.2. The van der Waals surface area contributed by atoms with Crippen molar-refractivity contribution in [2.75, 3.05) is 32.5 Å². The molecular formula is C15H22N2O2S. The molecule has 1 heterocycles. The van der Waals surface area contributed by atoms with Gasteiger partial charge < -0.3 is 15.4 Å². The van der Waals surface area contributed by atoms with Gasteiger partial charge in [-0.05, 0) is 56.1 Å². The molecule has 20 heavy (non-hydrogen) atoms. The molecule has 5 heteroatoms. The van der Waals surface area contributed by atoms with Gasteiger partial charge in [-0.15, -0.1) is 11.8 Å². The van der Waals surface area contributed by atoms with Crippen LogP contribution in [0.25, 0.3) is 0 Å². The number of carbonyl (C=O) groups excluding carboxylic acids is 1. The van der Waals surface area contributed by atoms with Crippen LogP contribution in [0.4, 0.5) is 0 Å². The minimum atomic E-state index is 0.108. The first-order valence-corrected chi connectivity index (χ1v) is 8.01. The molecule has 1 atom stereocenters. The van der Waals surface area contributed by atoms with E-state index in [0.29, 0.717) is 5.75 Å². The molecule has 2 N–H and O–H groups in total. The van der Waals surface area contributed by atoms with Crippen molar-refractivity contribution in [1.82, 2.24) is 10.6 Å². The van der Waals surface area contributed by atoms with Crippen molar-refractivity contribution in [2.45, 2.75) is 17.7 Å². The molecule has 0 saturated carbocycles. The fourth-order valence-corrected chi connectivity index (χ4v) is 2.98. The lowest BCUT2D eigenvalue weighted by molar-refractivity contribution is -0.118. The molecule has 1 aromatic carbocycles.